The highest BCUT2D eigenvalue weighted by atomic mass is 35.5. The van der Waals surface area contributed by atoms with Crippen LogP contribution in [0.2, 0.25) is 5.02 Å². The van der Waals surface area contributed by atoms with Gasteiger partial charge in [0.15, 0.2) is 5.11 Å². The summed E-state index contributed by atoms with van der Waals surface area (Å²) in [6.07, 6.45) is 1.79. The average molecular weight is 574 g/mol. The number of nitrogens with one attached hydrogen (secondary N) is 2. The monoisotopic (exact) mass is 573 g/mol. The molecule has 3 heterocycles. The molecule has 9 heteroatoms. The van der Waals surface area contributed by atoms with Crippen LogP contribution in [0, 0.1) is 19.8 Å². The summed E-state index contributed by atoms with van der Waals surface area (Å²) >= 11 is 12.6. The predicted octanol–water partition coefficient (Wildman–Crippen LogP) is 6.92. The minimum atomic E-state index is -0.208. The highest BCUT2D eigenvalue weighted by Crippen LogP contribution is 2.44. The van der Waals surface area contributed by atoms with Gasteiger partial charge in [-0.15, -0.1) is 0 Å². The first-order valence-corrected chi connectivity index (χ1v) is 13.9. The summed E-state index contributed by atoms with van der Waals surface area (Å²) in [5.41, 5.74) is 6.56. The first kappa shape index (κ1) is 27.7. The number of pyridine rings is 1. The minimum absolute atomic E-state index is 0.0916. The third kappa shape index (κ3) is 5.17. The molecule has 40 heavy (non-hydrogen) atoms. The van der Waals surface area contributed by atoms with Gasteiger partial charge in [0, 0.05) is 40.9 Å². The smallest absolute Gasteiger partial charge is 0.226 e. The molecule has 1 saturated heterocycles. The van der Waals surface area contributed by atoms with Gasteiger partial charge in [-0.05, 0) is 80.2 Å². The van der Waals surface area contributed by atoms with Gasteiger partial charge in [-0.3, -0.25) is 9.78 Å². The van der Waals surface area contributed by atoms with Crippen LogP contribution < -0.4 is 20.3 Å². The number of carbonyl (C=O) groups excluding carboxylic acids is 1. The summed E-state index contributed by atoms with van der Waals surface area (Å²) in [5, 5.41) is 7.43. The lowest BCUT2D eigenvalue weighted by Crippen LogP contribution is -2.29. The zero-order chi connectivity index (χ0) is 28.6. The Morgan fingerprint density at radius 3 is 2.55 bits per heavy atom. The second-order valence-electron chi connectivity index (χ2n) is 10.2. The molecule has 0 bridgehead atoms. The van der Waals surface area contributed by atoms with Crippen molar-refractivity contribution in [2.24, 2.45) is 5.92 Å². The lowest BCUT2D eigenvalue weighted by Gasteiger charge is -2.28. The predicted molar refractivity (Wildman–Crippen MR) is 165 cm³/mol. The average Bonchev–Trinajstić information content (AvgIpc) is 3.44. The Bertz CT molecular complexity index is 1570. The van der Waals surface area contributed by atoms with Gasteiger partial charge < -0.3 is 24.8 Å². The number of hydrogen-bond acceptors (Lipinski definition) is 4. The van der Waals surface area contributed by atoms with Crippen LogP contribution in [0.15, 0.2) is 72.9 Å². The fraction of sp³-hybridized carbons (Fsp3) is 0.258. The molecule has 2 atom stereocenters. The van der Waals surface area contributed by atoms with E-state index in [9.17, 15) is 4.79 Å². The second kappa shape index (κ2) is 11.3. The number of aromatic nitrogens is 2. The Labute approximate surface area is 245 Å². The standard InChI is InChI=1S/C31H32ClN5O2S/c1-18(2)30(38)34-26-13-12-22(17-25(26)32)37-29(28(35-31(37)40)27-11-6-7-14-33-27)24-15-19(3)36(20(24)4)21-9-8-10-23(16-21)39-5/h6-18,28-29H,1-5H3,(H,34,38)(H,35,40)/t28-,29-/m1/s1. The van der Waals surface area contributed by atoms with E-state index in [1.54, 1.807) is 13.3 Å². The molecule has 2 aromatic carbocycles. The van der Waals surface area contributed by atoms with Gasteiger partial charge in [0.25, 0.3) is 0 Å². The van der Waals surface area contributed by atoms with Crippen LogP contribution in [-0.4, -0.2) is 27.7 Å². The van der Waals surface area contributed by atoms with Crippen molar-refractivity contribution in [3.8, 4) is 11.4 Å². The summed E-state index contributed by atoms with van der Waals surface area (Å²) in [6, 6.07) is 21.3. The van der Waals surface area contributed by atoms with Crippen LogP contribution in [0.1, 0.15) is 48.6 Å². The lowest BCUT2D eigenvalue weighted by molar-refractivity contribution is -0.118. The molecule has 206 valence electrons. The number of carbonyl (C=O) groups is 1. The molecule has 1 aliphatic heterocycles. The summed E-state index contributed by atoms with van der Waals surface area (Å²) < 4.78 is 7.72. The number of aryl methyl sites for hydroxylation is 1. The minimum Gasteiger partial charge on any atom is -0.497 e. The highest BCUT2D eigenvalue weighted by molar-refractivity contribution is 7.80. The Morgan fingerprint density at radius 2 is 1.88 bits per heavy atom. The molecule has 0 unspecified atom stereocenters. The van der Waals surface area contributed by atoms with Gasteiger partial charge in [0.1, 0.15) is 5.75 Å². The quantitative estimate of drug-likeness (QED) is 0.234. The largest absolute Gasteiger partial charge is 0.497 e. The number of nitrogens with zero attached hydrogens (tertiary/aromatic N) is 3. The van der Waals surface area contributed by atoms with Gasteiger partial charge in [0.2, 0.25) is 5.91 Å². The van der Waals surface area contributed by atoms with Crippen LogP contribution in [0.3, 0.4) is 0 Å². The van der Waals surface area contributed by atoms with Crippen LogP contribution in [-0.2, 0) is 4.79 Å². The van der Waals surface area contributed by atoms with E-state index in [-0.39, 0.29) is 23.9 Å². The van der Waals surface area contributed by atoms with Gasteiger partial charge in [0.05, 0.1) is 35.6 Å². The van der Waals surface area contributed by atoms with Gasteiger partial charge >= 0.3 is 0 Å². The zero-order valence-electron chi connectivity index (χ0n) is 23.1. The third-order valence-electron chi connectivity index (χ3n) is 7.21. The normalized spacial score (nSPS) is 16.8. The van der Waals surface area contributed by atoms with E-state index in [0.29, 0.717) is 15.8 Å². The van der Waals surface area contributed by atoms with E-state index < -0.39 is 0 Å². The molecule has 4 aromatic rings. The van der Waals surface area contributed by atoms with Crippen molar-refractivity contribution in [2.75, 3.05) is 17.3 Å². The number of hydrogen-bond donors (Lipinski definition) is 2. The van der Waals surface area contributed by atoms with Crippen molar-refractivity contribution in [1.29, 1.82) is 0 Å². The van der Waals surface area contributed by atoms with Gasteiger partial charge in [-0.25, -0.2) is 0 Å². The third-order valence-corrected chi connectivity index (χ3v) is 7.84. The number of halogens is 1. The van der Waals surface area contributed by atoms with Crippen LogP contribution >= 0.6 is 23.8 Å². The number of thiocarbonyl (C=S) groups is 1. The van der Waals surface area contributed by atoms with E-state index in [4.69, 9.17) is 28.6 Å². The van der Waals surface area contributed by atoms with Crippen molar-refractivity contribution in [2.45, 2.75) is 39.8 Å². The van der Waals surface area contributed by atoms with Crippen LogP contribution in [0.4, 0.5) is 11.4 Å². The Hall–Kier alpha value is -3.88. The van der Waals surface area contributed by atoms with E-state index in [2.05, 4.69) is 51.1 Å². The molecule has 0 aliphatic carbocycles. The molecule has 7 nitrogen and oxygen atoms in total. The van der Waals surface area contributed by atoms with Crippen molar-refractivity contribution in [3.05, 3.63) is 101 Å². The summed E-state index contributed by atoms with van der Waals surface area (Å²) in [7, 11) is 1.67. The molecule has 2 aromatic heterocycles. The Balaban J connectivity index is 1.62. The Kier molecular flexibility index (Phi) is 7.83. The van der Waals surface area contributed by atoms with Gasteiger partial charge in [-0.1, -0.05) is 37.6 Å². The van der Waals surface area contributed by atoms with E-state index in [0.717, 1.165) is 39.8 Å². The Morgan fingerprint density at radius 1 is 1.07 bits per heavy atom. The van der Waals surface area contributed by atoms with Crippen molar-refractivity contribution < 1.29 is 9.53 Å². The first-order valence-electron chi connectivity index (χ1n) is 13.1. The van der Waals surface area contributed by atoms with Crippen LogP contribution in [0.5, 0.6) is 5.75 Å². The molecule has 0 spiro atoms. The number of methoxy groups -OCH3 is 1. The van der Waals surface area contributed by atoms with E-state index in [1.807, 2.05) is 68.4 Å². The number of ether oxygens (including phenoxy) is 1. The SMILES string of the molecule is COc1cccc(-n2c(C)cc([C@@H]3[C@@H](c4ccccn4)NC(=S)N3c3ccc(NC(=O)C(C)C)c(Cl)c3)c2C)c1. The molecule has 0 saturated carbocycles. The molecular weight excluding hydrogens is 542 g/mol. The molecule has 1 fully saturated rings. The van der Waals surface area contributed by atoms with Crippen molar-refractivity contribution >= 4 is 46.2 Å². The topological polar surface area (TPSA) is 71.4 Å². The van der Waals surface area contributed by atoms with E-state index in [1.165, 1.54) is 0 Å². The fourth-order valence-electron chi connectivity index (χ4n) is 5.22. The molecule has 5 rings (SSSR count). The lowest BCUT2D eigenvalue weighted by atomic mass is 9.96. The summed E-state index contributed by atoms with van der Waals surface area (Å²) in [5.74, 6) is 0.545. The number of amides is 1. The zero-order valence-corrected chi connectivity index (χ0v) is 24.7. The van der Waals surface area contributed by atoms with Crippen molar-refractivity contribution in [3.63, 3.8) is 0 Å². The first-order chi connectivity index (χ1) is 19.2. The summed E-state index contributed by atoms with van der Waals surface area (Å²) in [6.45, 7) is 7.90. The number of anilines is 2. The molecular formula is C31H32ClN5O2S. The highest BCUT2D eigenvalue weighted by Gasteiger charge is 2.42. The molecule has 2 N–H and O–H groups in total. The van der Waals surface area contributed by atoms with Crippen molar-refractivity contribution in [1.82, 2.24) is 14.9 Å². The number of benzene rings is 2. The summed E-state index contributed by atoms with van der Waals surface area (Å²) in [4.78, 5) is 19.1. The molecule has 0 radical (unpaired) electrons. The fourth-order valence-corrected chi connectivity index (χ4v) is 5.78. The maximum absolute atomic E-state index is 12.3. The molecule has 1 aliphatic rings. The van der Waals surface area contributed by atoms with Crippen LogP contribution in [0.25, 0.3) is 5.69 Å². The van der Waals surface area contributed by atoms with E-state index >= 15 is 0 Å². The molecule has 1 amide bonds. The number of rotatable bonds is 7. The maximum Gasteiger partial charge on any atom is 0.226 e. The second-order valence-corrected chi connectivity index (χ2v) is 11.0. The van der Waals surface area contributed by atoms with Gasteiger partial charge in [-0.2, -0.15) is 0 Å². The maximum atomic E-state index is 12.3.